The second kappa shape index (κ2) is 7.38. The van der Waals surface area contributed by atoms with Crippen LogP contribution in [0.2, 0.25) is 11.1 Å². The number of fused-ring (bicyclic) bond motifs is 2. The minimum Gasteiger partial charge on any atom is -0.394 e. The molecule has 0 aromatic heterocycles. The molecule has 4 unspecified atom stereocenters. The summed E-state index contributed by atoms with van der Waals surface area (Å²) < 4.78 is 13.4. The average molecular weight is 357 g/mol. The van der Waals surface area contributed by atoms with Gasteiger partial charge < -0.3 is 8.85 Å². The number of rotatable bonds is 6. The third-order valence-corrected chi connectivity index (χ3v) is 11.4. The van der Waals surface area contributed by atoms with E-state index in [1.54, 1.807) is 11.1 Å². The second-order valence-electron chi connectivity index (χ2n) is 7.90. The van der Waals surface area contributed by atoms with Crippen LogP contribution in [0.3, 0.4) is 0 Å². The first kappa shape index (κ1) is 17.5. The molecular formula is C22H32O2Si. The maximum atomic E-state index is 6.72. The Hall–Kier alpha value is -0.903. The van der Waals surface area contributed by atoms with E-state index in [-0.39, 0.29) is 0 Å². The SMILES string of the molecule is CCO[Si](OCC)(C1CCC2CC=CC=C21)C1CCC2CC=CC=C21. The number of allylic oxidation sites excluding steroid dienone is 8. The smallest absolute Gasteiger partial charge is 0.352 e. The Kier molecular flexibility index (Phi) is 5.17. The standard InChI is InChI=1S/C22H32O2Si/c1-3-23-25(24-4-2,21-15-13-17-9-5-7-11-19(17)21)22-16-14-18-10-6-8-12-20(18)22/h5-8,11-12,17-18,21-22H,3-4,9-10,13-16H2,1-2H3. The van der Waals surface area contributed by atoms with Crippen molar-refractivity contribution in [3.8, 4) is 0 Å². The molecule has 0 aromatic carbocycles. The van der Waals surface area contributed by atoms with Gasteiger partial charge in [0.1, 0.15) is 0 Å². The van der Waals surface area contributed by atoms with Crippen LogP contribution in [0.25, 0.3) is 0 Å². The molecule has 0 aliphatic heterocycles. The van der Waals surface area contributed by atoms with Gasteiger partial charge in [0.05, 0.1) is 0 Å². The van der Waals surface area contributed by atoms with Crippen LogP contribution >= 0.6 is 0 Å². The molecule has 4 aliphatic carbocycles. The van der Waals surface area contributed by atoms with Crippen molar-refractivity contribution in [2.24, 2.45) is 11.8 Å². The molecule has 3 heteroatoms. The molecule has 4 aliphatic rings. The summed E-state index contributed by atoms with van der Waals surface area (Å²) in [5.41, 5.74) is 4.37. The summed E-state index contributed by atoms with van der Waals surface area (Å²) in [5, 5.41) is 0. The van der Waals surface area contributed by atoms with Crippen LogP contribution < -0.4 is 0 Å². The molecule has 2 nitrogen and oxygen atoms in total. The summed E-state index contributed by atoms with van der Waals surface area (Å²) in [6.07, 6.45) is 21.6. The van der Waals surface area contributed by atoms with E-state index in [9.17, 15) is 0 Å². The molecule has 0 aromatic rings. The third-order valence-electron chi connectivity index (χ3n) is 6.76. The van der Waals surface area contributed by atoms with Gasteiger partial charge in [-0.3, -0.25) is 0 Å². The Balaban J connectivity index is 1.74. The van der Waals surface area contributed by atoms with Crippen LogP contribution in [0.1, 0.15) is 52.4 Å². The van der Waals surface area contributed by atoms with Crippen LogP contribution in [-0.4, -0.2) is 21.8 Å². The molecule has 0 saturated heterocycles. The van der Waals surface area contributed by atoms with Crippen molar-refractivity contribution >= 4 is 8.56 Å². The zero-order valence-corrected chi connectivity index (χ0v) is 16.7. The van der Waals surface area contributed by atoms with E-state index in [4.69, 9.17) is 8.85 Å². The van der Waals surface area contributed by atoms with Gasteiger partial charge in [0, 0.05) is 24.3 Å². The van der Waals surface area contributed by atoms with Crippen molar-refractivity contribution in [1.82, 2.24) is 0 Å². The van der Waals surface area contributed by atoms with Crippen molar-refractivity contribution in [3.63, 3.8) is 0 Å². The van der Waals surface area contributed by atoms with Crippen molar-refractivity contribution in [1.29, 1.82) is 0 Å². The van der Waals surface area contributed by atoms with Crippen molar-refractivity contribution in [3.05, 3.63) is 47.6 Å². The minimum absolute atomic E-state index is 0.540. The molecule has 0 bridgehead atoms. The topological polar surface area (TPSA) is 18.5 Å². The normalized spacial score (nSPS) is 33.8. The Morgan fingerprint density at radius 2 is 1.28 bits per heavy atom. The largest absolute Gasteiger partial charge is 0.394 e. The van der Waals surface area contributed by atoms with Crippen molar-refractivity contribution in [2.45, 2.75) is 63.5 Å². The zero-order chi connectivity index (χ0) is 17.3. The number of hydrogen-bond acceptors (Lipinski definition) is 2. The summed E-state index contributed by atoms with van der Waals surface area (Å²) in [6, 6.07) is 0. The molecule has 0 N–H and O–H groups in total. The van der Waals surface area contributed by atoms with Gasteiger partial charge in [-0.25, -0.2) is 0 Å². The maximum Gasteiger partial charge on any atom is 0.352 e. The third kappa shape index (κ3) is 2.94. The molecule has 136 valence electrons. The zero-order valence-electron chi connectivity index (χ0n) is 15.7. The van der Waals surface area contributed by atoms with Crippen molar-refractivity contribution < 1.29 is 8.85 Å². The Bertz CT molecular complexity index is 562. The van der Waals surface area contributed by atoms with Gasteiger partial charge in [0.2, 0.25) is 0 Å². The van der Waals surface area contributed by atoms with Crippen LogP contribution in [0.5, 0.6) is 0 Å². The summed E-state index contributed by atoms with van der Waals surface area (Å²) >= 11 is 0. The highest BCUT2D eigenvalue weighted by Gasteiger charge is 2.59. The lowest BCUT2D eigenvalue weighted by molar-refractivity contribution is 0.168. The highest BCUT2D eigenvalue weighted by atomic mass is 28.4. The molecule has 0 heterocycles. The lowest BCUT2D eigenvalue weighted by Crippen LogP contribution is -2.51. The van der Waals surface area contributed by atoms with Gasteiger partial charge >= 0.3 is 8.56 Å². The molecule has 4 rings (SSSR count). The first-order valence-corrected chi connectivity index (χ1v) is 12.3. The Morgan fingerprint density at radius 1 is 0.800 bits per heavy atom. The van der Waals surface area contributed by atoms with Crippen molar-refractivity contribution in [2.75, 3.05) is 13.2 Å². The number of hydrogen-bond donors (Lipinski definition) is 0. The van der Waals surface area contributed by atoms with Gasteiger partial charge in [-0.1, -0.05) is 47.6 Å². The lowest BCUT2D eigenvalue weighted by atomic mass is 9.94. The van der Waals surface area contributed by atoms with E-state index in [0.29, 0.717) is 11.1 Å². The second-order valence-corrected chi connectivity index (χ2v) is 11.3. The predicted octanol–water partition coefficient (Wildman–Crippen LogP) is 5.83. The van der Waals surface area contributed by atoms with E-state index < -0.39 is 8.56 Å². The van der Waals surface area contributed by atoms with E-state index in [2.05, 4.69) is 50.3 Å². The fourth-order valence-electron chi connectivity index (χ4n) is 5.83. The fraction of sp³-hybridized carbons (Fsp3) is 0.636. The Labute approximate surface area is 153 Å². The molecule has 0 radical (unpaired) electrons. The average Bonchev–Trinajstić information content (AvgIpc) is 3.26. The van der Waals surface area contributed by atoms with Crippen LogP contribution in [0, 0.1) is 11.8 Å². The predicted molar refractivity (Wildman–Crippen MR) is 106 cm³/mol. The van der Waals surface area contributed by atoms with Crippen LogP contribution in [-0.2, 0) is 8.85 Å². The first-order valence-electron chi connectivity index (χ1n) is 10.3. The molecule has 25 heavy (non-hydrogen) atoms. The molecule has 2 fully saturated rings. The van der Waals surface area contributed by atoms with Gasteiger partial charge in [-0.15, -0.1) is 0 Å². The highest BCUT2D eigenvalue weighted by Crippen LogP contribution is 2.59. The fourth-order valence-corrected chi connectivity index (χ4v) is 10.8. The molecule has 0 spiro atoms. The molecular weight excluding hydrogens is 324 g/mol. The minimum atomic E-state index is -2.35. The van der Waals surface area contributed by atoms with E-state index in [1.165, 1.54) is 38.5 Å². The lowest BCUT2D eigenvalue weighted by Gasteiger charge is -2.42. The summed E-state index contributed by atoms with van der Waals surface area (Å²) in [4.78, 5) is 0. The molecule has 0 amide bonds. The quantitative estimate of drug-likeness (QED) is 0.557. The first-order chi connectivity index (χ1) is 12.3. The summed E-state index contributed by atoms with van der Waals surface area (Å²) in [6.45, 7) is 5.87. The van der Waals surface area contributed by atoms with Crippen LogP contribution in [0.4, 0.5) is 0 Å². The van der Waals surface area contributed by atoms with Gasteiger partial charge in [-0.2, -0.15) is 0 Å². The van der Waals surface area contributed by atoms with Crippen LogP contribution in [0.15, 0.2) is 47.6 Å². The van der Waals surface area contributed by atoms with Gasteiger partial charge in [0.25, 0.3) is 0 Å². The Morgan fingerprint density at radius 3 is 1.72 bits per heavy atom. The van der Waals surface area contributed by atoms with Gasteiger partial charge in [0.15, 0.2) is 0 Å². The molecule has 2 saturated carbocycles. The van der Waals surface area contributed by atoms with E-state index in [1.807, 2.05) is 0 Å². The van der Waals surface area contributed by atoms with E-state index in [0.717, 1.165) is 25.0 Å². The van der Waals surface area contributed by atoms with Gasteiger partial charge in [-0.05, 0) is 64.2 Å². The maximum absolute atomic E-state index is 6.72. The summed E-state index contributed by atoms with van der Waals surface area (Å²) in [5.74, 6) is 1.47. The monoisotopic (exact) mass is 356 g/mol. The highest BCUT2D eigenvalue weighted by molar-refractivity contribution is 6.72. The molecule has 4 atom stereocenters. The summed E-state index contributed by atoms with van der Waals surface area (Å²) in [7, 11) is -2.35. The van der Waals surface area contributed by atoms with E-state index >= 15 is 0 Å².